The lowest BCUT2D eigenvalue weighted by Gasteiger charge is -2.20. The Morgan fingerprint density at radius 1 is 1.31 bits per heavy atom. The molecule has 2 heterocycles. The van der Waals surface area contributed by atoms with Crippen LogP contribution in [0.15, 0.2) is 18.2 Å². The smallest absolute Gasteiger partial charge is 0.311 e. The Morgan fingerprint density at radius 3 is 2.65 bits per heavy atom. The minimum Gasteiger partial charge on any atom is -0.481 e. The van der Waals surface area contributed by atoms with E-state index in [-0.39, 0.29) is 12.5 Å². The maximum absolute atomic E-state index is 12.9. The zero-order chi connectivity index (χ0) is 19.1. The second-order valence-electron chi connectivity index (χ2n) is 7.43. The topological polar surface area (TPSA) is 71.8 Å². The third-order valence-electron chi connectivity index (χ3n) is 5.68. The summed E-state index contributed by atoms with van der Waals surface area (Å²) in [7, 11) is 1.69. The van der Waals surface area contributed by atoms with Gasteiger partial charge in [0, 0.05) is 48.9 Å². The number of carboxylic acid groups (broad SMARTS) is 1. The monoisotopic (exact) mass is 358 g/mol. The van der Waals surface area contributed by atoms with Crippen molar-refractivity contribution in [2.75, 3.05) is 26.8 Å². The molecule has 0 radical (unpaired) electrons. The Balaban J connectivity index is 1.91. The van der Waals surface area contributed by atoms with E-state index in [9.17, 15) is 14.7 Å². The summed E-state index contributed by atoms with van der Waals surface area (Å²) in [6.45, 7) is 7.97. The fourth-order valence-corrected chi connectivity index (χ4v) is 3.75. The third-order valence-corrected chi connectivity index (χ3v) is 5.68. The minimum atomic E-state index is -0.851. The largest absolute Gasteiger partial charge is 0.481 e. The van der Waals surface area contributed by atoms with E-state index in [1.807, 2.05) is 18.2 Å². The molecule has 1 unspecified atom stereocenters. The number of ether oxygens (including phenoxy) is 1. The van der Waals surface area contributed by atoms with Crippen LogP contribution in [-0.2, 0) is 16.1 Å². The predicted molar refractivity (Wildman–Crippen MR) is 99.6 cm³/mol. The summed E-state index contributed by atoms with van der Waals surface area (Å²) in [5, 5.41) is 10.4. The van der Waals surface area contributed by atoms with Crippen LogP contribution in [0, 0.1) is 19.3 Å². The van der Waals surface area contributed by atoms with Gasteiger partial charge in [-0.1, -0.05) is 0 Å². The molecule has 0 aliphatic carbocycles. The summed E-state index contributed by atoms with van der Waals surface area (Å²) in [4.78, 5) is 26.0. The molecule has 2 aromatic rings. The zero-order valence-corrected chi connectivity index (χ0v) is 15.8. The molecule has 1 aromatic heterocycles. The van der Waals surface area contributed by atoms with Crippen LogP contribution >= 0.6 is 0 Å². The number of methoxy groups -OCH3 is 1. The highest BCUT2D eigenvalue weighted by Crippen LogP contribution is 2.32. The molecule has 1 aliphatic rings. The number of amides is 1. The van der Waals surface area contributed by atoms with Crippen LogP contribution in [0.25, 0.3) is 10.9 Å². The van der Waals surface area contributed by atoms with Crippen molar-refractivity contribution in [3.8, 4) is 0 Å². The Morgan fingerprint density at radius 2 is 2.04 bits per heavy atom. The molecular formula is C20H26N2O4. The lowest BCUT2D eigenvalue weighted by molar-refractivity contribution is -0.147. The number of nitrogens with zero attached hydrogens (tertiary/aromatic N) is 2. The number of carbonyl (C=O) groups is 2. The second-order valence-corrected chi connectivity index (χ2v) is 7.43. The van der Waals surface area contributed by atoms with Crippen molar-refractivity contribution in [2.45, 2.75) is 33.7 Å². The van der Waals surface area contributed by atoms with E-state index in [2.05, 4.69) is 18.4 Å². The van der Waals surface area contributed by atoms with E-state index < -0.39 is 11.4 Å². The second kappa shape index (κ2) is 6.76. The molecule has 1 saturated heterocycles. The number of rotatable bonds is 5. The van der Waals surface area contributed by atoms with E-state index in [0.717, 1.165) is 23.0 Å². The van der Waals surface area contributed by atoms with E-state index in [1.165, 1.54) is 5.69 Å². The maximum Gasteiger partial charge on any atom is 0.311 e. The standard InChI is InChI=1S/C20H26N2O4/c1-13-14(2)22(9-10-26-4)17-6-5-15(11-16(13)17)18(23)21-8-7-20(3,12-21)19(24)25/h5-6,11H,7-10,12H2,1-4H3,(H,24,25). The van der Waals surface area contributed by atoms with E-state index in [4.69, 9.17) is 4.74 Å². The van der Waals surface area contributed by atoms with Crippen molar-refractivity contribution in [1.29, 1.82) is 0 Å². The van der Waals surface area contributed by atoms with Gasteiger partial charge in [0.25, 0.3) is 5.91 Å². The molecule has 26 heavy (non-hydrogen) atoms. The maximum atomic E-state index is 12.9. The van der Waals surface area contributed by atoms with Crippen molar-refractivity contribution < 1.29 is 19.4 Å². The summed E-state index contributed by atoms with van der Waals surface area (Å²) < 4.78 is 7.41. The molecular weight excluding hydrogens is 332 g/mol. The molecule has 0 saturated carbocycles. The first-order valence-electron chi connectivity index (χ1n) is 8.89. The lowest BCUT2D eigenvalue weighted by Crippen LogP contribution is -2.34. The molecule has 1 aromatic carbocycles. The van der Waals surface area contributed by atoms with Crippen molar-refractivity contribution >= 4 is 22.8 Å². The van der Waals surface area contributed by atoms with Gasteiger partial charge in [0.05, 0.1) is 12.0 Å². The van der Waals surface area contributed by atoms with Crippen LogP contribution in [0.3, 0.4) is 0 Å². The van der Waals surface area contributed by atoms with Gasteiger partial charge in [-0.25, -0.2) is 0 Å². The number of carbonyl (C=O) groups excluding carboxylic acids is 1. The number of carboxylic acids is 1. The zero-order valence-electron chi connectivity index (χ0n) is 15.8. The Kier molecular flexibility index (Phi) is 4.80. The number of hydrogen-bond donors (Lipinski definition) is 1. The molecule has 1 aliphatic heterocycles. The summed E-state index contributed by atoms with van der Waals surface area (Å²) >= 11 is 0. The first-order chi connectivity index (χ1) is 12.3. The highest BCUT2D eigenvalue weighted by atomic mass is 16.5. The van der Waals surface area contributed by atoms with Crippen molar-refractivity contribution in [1.82, 2.24) is 9.47 Å². The number of aryl methyl sites for hydroxylation is 1. The number of fused-ring (bicyclic) bond motifs is 1. The van der Waals surface area contributed by atoms with Gasteiger partial charge in [0.15, 0.2) is 0 Å². The van der Waals surface area contributed by atoms with Crippen LogP contribution in [0.4, 0.5) is 0 Å². The fourth-order valence-electron chi connectivity index (χ4n) is 3.75. The number of likely N-dealkylation sites (tertiary alicyclic amines) is 1. The van der Waals surface area contributed by atoms with E-state index >= 15 is 0 Å². The number of aliphatic carboxylic acids is 1. The van der Waals surface area contributed by atoms with Crippen molar-refractivity contribution in [3.05, 3.63) is 35.0 Å². The number of benzene rings is 1. The van der Waals surface area contributed by atoms with Gasteiger partial charge in [0.1, 0.15) is 0 Å². The molecule has 1 N–H and O–H groups in total. The Bertz CT molecular complexity index is 870. The Labute approximate surface area is 153 Å². The van der Waals surface area contributed by atoms with Gasteiger partial charge in [-0.2, -0.15) is 0 Å². The molecule has 1 atom stereocenters. The Hall–Kier alpha value is -2.34. The molecule has 6 nitrogen and oxygen atoms in total. The van der Waals surface area contributed by atoms with Gasteiger partial charge in [-0.3, -0.25) is 9.59 Å². The molecule has 140 valence electrons. The van der Waals surface area contributed by atoms with Crippen LogP contribution in [0.5, 0.6) is 0 Å². The average Bonchev–Trinajstić information content (AvgIpc) is 3.13. The molecule has 0 bridgehead atoms. The molecule has 3 rings (SSSR count). The van der Waals surface area contributed by atoms with Crippen molar-refractivity contribution in [3.63, 3.8) is 0 Å². The van der Waals surface area contributed by atoms with E-state index in [0.29, 0.717) is 25.1 Å². The van der Waals surface area contributed by atoms with Gasteiger partial charge in [0.2, 0.25) is 0 Å². The average molecular weight is 358 g/mol. The van der Waals surface area contributed by atoms with Gasteiger partial charge in [-0.05, 0) is 51.0 Å². The summed E-state index contributed by atoms with van der Waals surface area (Å²) in [5.74, 6) is -0.941. The van der Waals surface area contributed by atoms with Gasteiger partial charge < -0.3 is 19.3 Å². The predicted octanol–water partition coefficient (Wildman–Crippen LogP) is 2.84. The molecule has 6 heteroatoms. The first kappa shape index (κ1) is 18.5. The van der Waals surface area contributed by atoms with E-state index in [1.54, 1.807) is 18.9 Å². The fraction of sp³-hybridized carbons (Fsp3) is 0.500. The lowest BCUT2D eigenvalue weighted by atomic mass is 9.90. The van der Waals surface area contributed by atoms with Crippen LogP contribution < -0.4 is 0 Å². The quantitative estimate of drug-likeness (QED) is 0.892. The summed E-state index contributed by atoms with van der Waals surface area (Å²) in [6.07, 6.45) is 0.488. The van der Waals surface area contributed by atoms with Crippen LogP contribution in [0.1, 0.15) is 35.0 Å². The third kappa shape index (κ3) is 2.98. The molecule has 0 spiro atoms. The highest BCUT2D eigenvalue weighted by molar-refractivity contribution is 5.99. The SMILES string of the molecule is COCCn1c(C)c(C)c2cc(C(=O)N3CCC(C)(C(=O)O)C3)ccc21. The number of hydrogen-bond acceptors (Lipinski definition) is 3. The van der Waals surface area contributed by atoms with Gasteiger partial charge in [-0.15, -0.1) is 0 Å². The molecule has 1 fully saturated rings. The first-order valence-corrected chi connectivity index (χ1v) is 8.89. The van der Waals surface area contributed by atoms with Gasteiger partial charge >= 0.3 is 5.97 Å². The van der Waals surface area contributed by atoms with Crippen molar-refractivity contribution in [2.24, 2.45) is 5.41 Å². The summed E-state index contributed by atoms with van der Waals surface area (Å²) in [6, 6.07) is 5.74. The summed E-state index contributed by atoms with van der Waals surface area (Å²) in [5.41, 5.74) is 3.17. The molecule has 1 amide bonds. The minimum absolute atomic E-state index is 0.0985. The number of aromatic nitrogens is 1. The highest BCUT2D eigenvalue weighted by Gasteiger charge is 2.42. The van der Waals surface area contributed by atoms with Crippen LogP contribution in [-0.4, -0.2) is 53.3 Å². The normalized spacial score (nSPS) is 20.1. The van der Waals surface area contributed by atoms with Crippen LogP contribution in [0.2, 0.25) is 0 Å².